The molecule has 1 heterocycles. The largest absolute Gasteiger partial charge is 0.484 e. The van der Waals surface area contributed by atoms with Gasteiger partial charge in [0.05, 0.1) is 10.6 Å². The van der Waals surface area contributed by atoms with Gasteiger partial charge in [-0.25, -0.2) is 4.98 Å². The molecule has 0 saturated heterocycles. The number of hydrogen-bond acceptors (Lipinski definition) is 4. The monoisotopic (exact) mass is 434 g/mol. The van der Waals surface area contributed by atoms with Gasteiger partial charge in [-0.15, -0.1) is 0 Å². The van der Waals surface area contributed by atoms with E-state index in [-0.39, 0.29) is 12.5 Å². The zero-order chi connectivity index (χ0) is 21.8. The molecule has 0 spiro atoms. The van der Waals surface area contributed by atoms with Crippen LogP contribution in [0.3, 0.4) is 0 Å². The standard InChI is InChI=1S/C25H23ClN2O3/c1-3-16(2)17-8-11-19(12-9-17)30-15-24(29)27-18-10-13-21(26)20(14-18)25-28-22-6-4-5-7-23(22)31-25/h4-14,16H,3,15H2,1-2H3,(H,27,29)/t16-/m0/s1. The highest BCUT2D eigenvalue weighted by molar-refractivity contribution is 6.33. The lowest BCUT2D eigenvalue weighted by atomic mass is 9.99. The van der Waals surface area contributed by atoms with E-state index in [4.69, 9.17) is 20.8 Å². The molecule has 0 aliphatic carbocycles. The van der Waals surface area contributed by atoms with E-state index in [0.29, 0.717) is 39.4 Å². The molecule has 3 aromatic carbocycles. The van der Waals surface area contributed by atoms with Gasteiger partial charge in [-0.1, -0.05) is 49.7 Å². The summed E-state index contributed by atoms with van der Waals surface area (Å²) >= 11 is 6.34. The number of hydrogen-bond donors (Lipinski definition) is 1. The van der Waals surface area contributed by atoms with Crippen LogP contribution in [0, 0.1) is 0 Å². The highest BCUT2D eigenvalue weighted by atomic mass is 35.5. The molecule has 0 unspecified atom stereocenters. The molecule has 0 aliphatic rings. The van der Waals surface area contributed by atoms with Gasteiger partial charge >= 0.3 is 0 Å². The number of halogens is 1. The number of nitrogens with one attached hydrogen (secondary N) is 1. The molecule has 1 atom stereocenters. The summed E-state index contributed by atoms with van der Waals surface area (Å²) < 4.78 is 11.4. The van der Waals surface area contributed by atoms with Gasteiger partial charge < -0.3 is 14.5 Å². The lowest BCUT2D eigenvalue weighted by molar-refractivity contribution is -0.118. The highest BCUT2D eigenvalue weighted by Crippen LogP contribution is 2.32. The fourth-order valence-electron chi connectivity index (χ4n) is 3.23. The van der Waals surface area contributed by atoms with E-state index in [9.17, 15) is 4.79 Å². The van der Waals surface area contributed by atoms with Crippen LogP contribution < -0.4 is 10.1 Å². The molecule has 0 saturated carbocycles. The molecular formula is C25H23ClN2O3. The quantitative estimate of drug-likeness (QED) is 0.352. The second-order valence-electron chi connectivity index (χ2n) is 7.40. The van der Waals surface area contributed by atoms with Crippen molar-refractivity contribution in [3.05, 3.63) is 77.3 Å². The lowest BCUT2D eigenvalue weighted by Gasteiger charge is -2.11. The maximum atomic E-state index is 12.4. The second-order valence-corrected chi connectivity index (χ2v) is 7.80. The van der Waals surface area contributed by atoms with Crippen molar-refractivity contribution in [2.45, 2.75) is 26.2 Å². The van der Waals surface area contributed by atoms with Gasteiger partial charge in [-0.05, 0) is 60.4 Å². The van der Waals surface area contributed by atoms with Gasteiger partial charge in [0.25, 0.3) is 5.91 Å². The number of carbonyl (C=O) groups is 1. The molecule has 5 nitrogen and oxygen atoms in total. The fourth-order valence-corrected chi connectivity index (χ4v) is 3.43. The zero-order valence-corrected chi connectivity index (χ0v) is 18.1. The highest BCUT2D eigenvalue weighted by Gasteiger charge is 2.13. The number of oxazole rings is 1. The van der Waals surface area contributed by atoms with Gasteiger partial charge in [-0.2, -0.15) is 0 Å². The molecule has 0 radical (unpaired) electrons. The Labute approximate surface area is 186 Å². The maximum absolute atomic E-state index is 12.4. The molecule has 31 heavy (non-hydrogen) atoms. The zero-order valence-electron chi connectivity index (χ0n) is 17.4. The summed E-state index contributed by atoms with van der Waals surface area (Å²) in [5.74, 6) is 1.29. The molecule has 158 valence electrons. The number of aromatic nitrogens is 1. The first-order chi connectivity index (χ1) is 15.0. The summed E-state index contributed by atoms with van der Waals surface area (Å²) in [6.45, 7) is 4.25. The SMILES string of the molecule is CC[C@H](C)c1ccc(OCC(=O)Nc2ccc(Cl)c(-c3nc4ccccc4o3)c2)cc1. The Balaban J connectivity index is 1.42. The molecular weight excluding hydrogens is 412 g/mol. The third-order valence-corrected chi connectivity index (χ3v) is 5.54. The molecule has 1 aromatic heterocycles. The summed E-state index contributed by atoms with van der Waals surface area (Å²) in [5.41, 5.74) is 3.87. The van der Waals surface area contributed by atoms with Crippen molar-refractivity contribution in [2.24, 2.45) is 0 Å². The molecule has 0 bridgehead atoms. The average Bonchev–Trinajstić information content (AvgIpc) is 3.23. The van der Waals surface area contributed by atoms with Crippen LogP contribution in [0.2, 0.25) is 5.02 Å². The molecule has 4 aromatic rings. The number of anilines is 1. The van der Waals surface area contributed by atoms with E-state index in [1.165, 1.54) is 5.56 Å². The third kappa shape index (κ3) is 4.89. The van der Waals surface area contributed by atoms with Gasteiger partial charge in [0.2, 0.25) is 5.89 Å². The predicted molar refractivity (Wildman–Crippen MR) is 124 cm³/mol. The Hall–Kier alpha value is -3.31. The number of ether oxygens (including phenoxy) is 1. The van der Waals surface area contributed by atoms with E-state index >= 15 is 0 Å². The number of fused-ring (bicyclic) bond motifs is 1. The Morgan fingerprint density at radius 3 is 2.65 bits per heavy atom. The van der Waals surface area contributed by atoms with Crippen molar-refractivity contribution in [3.8, 4) is 17.2 Å². The van der Waals surface area contributed by atoms with Crippen LogP contribution in [0.5, 0.6) is 5.75 Å². The minimum atomic E-state index is -0.267. The minimum Gasteiger partial charge on any atom is -0.484 e. The Morgan fingerprint density at radius 2 is 1.90 bits per heavy atom. The van der Waals surface area contributed by atoms with Crippen LogP contribution in [0.4, 0.5) is 5.69 Å². The van der Waals surface area contributed by atoms with Gasteiger partial charge in [0.15, 0.2) is 12.2 Å². The smallest absolute Gasteiger partial charge is 0.262 e. The summed E-state index contributed by atoms with van der Waals surface area (Å²) in [7, 11) is 0. The van der Waals surface area contributed by atoms with Crippen LogP contribution in [-0.4, -0.2) is 17.5 Å². The van der Waals surface area contributed by atoms with Crippen LogP contribution >= 0.6 is 11.6 Å². The van der Waals surface area contributed by atoms with E-state index in [1.807, 2.05) is 48.5 Å². The summed E-state index contributed by atoms with van der Waals surface area (Å²) in [6.07, 6.45) is 1.08. The average molecular weight is 435 g/mol. The van der Waals surface area contributed by atoms with Gasteiger partial charge in [0, 0.05) is 5.69 Å². The number of benzene rings is 3. The van der Waals surface area contributed by atoms with Crippen molar-refractivity contribution >= 4 is 34.3 Å². The number of amides is 1. The molecule has 1 amide bonds. The van der Waals surface area contributed by atoms with Crippen molar-refractivity contribution in [1.29, 1.82) is 0 Å². The number of rotatable bonds is 7. The molecule has 0 fully saturated rings. The van der Waals surface area contributed by atoms with Crippen LogP contribution in [0.1, 0.15) is 31.7 Å². The summed E-state index contributed by atoms with van der Waals surface area (Å²) in [4.78, 5) is 16.8. The Morgan fingerprint density at radius 1 is 1.13 bits per heavy atom. The van der Waals surface area contributed by atoms with E-state index in [1.54, 1.807) is 18.2 Å². The Kier molecular flexibility index (Phi) is 6.23. The van der Waals surface area contributed by atoms with Gasteiger partial charge in [0.1, 0.15) is 11.3 Å². The van der Waals surface area contributed by atoms with Crippen molar-refractivity contribution in [1.82, 2.24) is 4.98 Å². The first kappa shape index (κ1) is 20.9. The van der Waals surface area contributed by atoms with Crippen LogP contribution in [-0.2, 0) is 4.79 Å². The summed E-state index contributed by atoms with van der Waals surface area (Å²) in [6, 6.07) is 20.5. The van der Waals surface area contributed by atoms with E-state index < -0.39 is 0 Å². The van der Waals surface area contributed by atoms with Crippen molar-refractivity contribution < 1.29 is 13.9 Å². The fraction of sp³-hybridized carbons (Fsp3) is 0.200. The molecule has 4 rings (SSSR count). The topological polar surface area (TPSA) is 64.4 Å². The first-order valence-corrected chi connectivity index (χ1v) is 10.6. The first-order valence-electron chi connectivity index (χ1n) is 10.2. The molecule has 6 heteroatoms. The normalized spacial score (nSPS) is 12.0. The number of nitrogens with zero attached hydrogens (tertiary/aromatic N) is 1. The van der Waals surface area contributed by atoms with Crippen LogP contribution in [0.25, 0.3) is 22.6 Å². The van der Waals surface area contributed by atoms with Crippen LogP contribution in [0.15, 0.2) is 71.1 Å². The summed E-state index contributed by atoms with van der Waals surface area (Å²) in [5, 5.41) is 3.32. The minimum absolute atomic E-state index is 0.0937. The van der Waals surface area contributed by atoms with Crippen molar-refractivity contribution in [3.63, 3.8) is 0 Å². The molecule has 1 N–H and O–H groups in total. The maximum Gasteiger partial charge on any atom is 0.262 e. The Bertz CT molecular complexity index is 1170. The van der Waals surface area contributed by atoms with E-state index in [0.717, 1.165) is 11.9 Å². The van der Waals surface area contributed by atoms with Gasteiger partial charge in [-0.3, -0.25) is 4.79 Å². The second kappa shape index (κ2) is 9.23. The third-order valence-electron chi connectivity index (χ3n) is 5.21. The molecule has 0 aliphatic heterocycles. The number of carbonyl (C=O) groups excluding carboxylic acids is 1. The van der Waals surface area contributed by atoms with E-state index in [2.05, 4.69) is 24.1 Å². The van der Waals surface area contributed by atoms with Crippen molar-refractivity contribution in [2.75, 3.05) is 11.9 Å². The predicted octanol–water partition coefficient (Wildman–Crippen LogP) is 6.68. The number of para-hydroxylation sites is 2. The lowest BCUT2D eigenvalue weighted by Crippen LogP contribution is -2.20.